The lowest BCUT2D eigenvalue weighted by atomic mass is 10.0. The molecule has 0 saturated heterocycles. The number of pyridine rings is 1. The second-order valence-corrected chi connectivity index (χ2v) is 6.06. The molecule has 0 saturated carbocycles. The Hall–Kier alpha value is -2.80. The minimum Gasteiger partial charge on any atom is -0.386 e. The molecule has 0 aliphatic heterocycles. The molecule has 0 radical (unpaired) electrons. The predicted molar refractivity (Wildman–Crippen MR) is 91.5 cm³/mol. The summed E-state index contributed by atoms with van der Waals surface area (Å²) in [4.78, 5) is 16.7. The first kappa shape index (κ1) is 17.0. The average Bonchev–Trinajstić information content (AvgIpc) is 2.88. The molecule has 1 aromatic carbocycles. The Morgan fingerprint density at radius 2 is 2.00 bits per heavy atom. The Bertz CT molecular complexity index is 921. The standard InChI is InChI=1S/C18H19FN4O2/c1-10-15-8-13(9-20-17(15)23(3)22-10)18(25)21-11(2)16(24)12-4-6-14(19)7-5-12/h4-9,11,16,24H,1-3H3,(H,21,25). The summed E-state index contributed by atoms with van der Waals surface area (Å²) in [5.74, 6) is -0.717. The first-order chi connectivity index (χ1) is 11.9. The second kappa shape index (κ2) is 6.60. The van der Waals surface area contributed by atoms with Crippen LogP contribution in [0.1, 0.15) is 34.6 Å². The lowest BCUT2D eigenvalue weighted by Crippen LogP contribution is -2.37. The molecule has 25 heavy (non-hydrogen) atoms. The molecule has 0 fully saturated rings. The number of carbonyl (C=O) groups is 1. The molecule has 0 spiro atoms. The van der Waals surface area contributed by atoms with Gasteiger partial charge in [0.25, 0.3) is 5.91 Å². The van der Waals surface area contributed by atoms with E-state index in [1.54, 1.807) is 24.7 Å². The number of nitrogens with one attached hydrogen (secondary N) is 1. The smallest absolute Gasteiger partial charge is 0.253 e. The second-order valence-electron chi connectivity index (χ2n) is 6.06. The highest BCUT2D eigenvalue weighted by molar-refractivity contribution is 5.97. The largest absolute Gasteiger partial charge is 0.386 e. The summed E-state index contributed by atoms with van der Waals surface area (Å²) in [6.07, 6.45) is 0.539. The highest BCUT2D eigenvalue weighted by atomic mass is 19.1. The SMILES string of the molecule is Cc1nn(C)c2ncc(C(=O)NC(C)C(O)c3ccc(F)cc3)cc12. The molecule has 1 amide bonds. The van der Waals surface area contributed by atoms with Crippen LogP contribution in [0.25, 0.3) is 11.0 Å². The Morgan fingerprint density at radius 1 is 1.32 bits per heavy atom. The van der Waals surface area contributed by atoms with Crippen LogP contribution in [-0.2, 0) is 7.05 Å². The number of amides is 1. The van der Waals surface area contributed by atoms with Gasteiger partial charge in [-0.05, 0) is 37.6 Å². The van der Waals surface area contributed by atoms with Gasteiger partial charge in [0.1, 0.15) is 5.82 Å². The minimum absolute atomic E-state index is 0.341. The number of aliphatic hydroxyl groups is 1. The van der Waals surface area contributed by atoms with E-state index in [0.717, 1.165) is 11.1 Å². The van der Waals surface area contributed by atoms with Crippen molar-refractivity contribution in [1.29, 1.82) is 0 Å². The number of aromatic nitrogens is 3. The van der Waals surface area contributed by atoms with Crippen LogP contribution in [0.15, 0.2) is 36.5 Å². The topological polar surface area (TPSA) is 80.0 Å². The third-order valence-electron chi connectivity index (χ3n) is 4.17. The average molecular weight is 342 g/mol. The Labute approximate surface area is 144 Å². The zero-order valence-corrected chi connectivity index (χ0v) is 14.2. The number of carbonyl (C=O) groups excluding carboxylic acids is 1. The zero-order valence-electron chi connectivity index (χ0n) is 14.2. The van der Waals surface area contributed by atoms with E-state index in [9.17, 15) is 14.3 Å². The van der Waals surface area contributed by atoms with Crippen molar-refractivity contribution < 1.29 is 14.3 Å². The van der Waals surface area contributed by atoms with Crippen molar-refractivity contribution in [1.82, 2.24) is 20.1 Å². The molecule has 2 N–H and O–H groups in total. The number of aliphatic hydroxyl groups excluding tert-OH is 1. The minimum atomic E-state index is -0.943. The molecule has 3 aromatic rings. The summed E-state index contributed by atoms with van der Waals surface area (Å²) >= 11 is 0. The molecule has 130 valence electrons. The monoisotopic (exact) mass is 342 g/mol. The van der Waals surface area contributed by atoms with Crippen LogP contribution in [0.3, 0.4) is 0 Å². The molecule has 0 aliphatic rings. The number of hydrogen-bond donors (Lipinski definition) is 2. The Kier molecular flexibility index (Phi) is 4.50. The summed E-state index contributed by atoms with van der Waals surface area (Å²) in [6.45, 7) is 3.54. The molecule has 2 aromatic heterocycles. The Morgan fingerprint density at radius 3 is 2.68 bits per heavy atom. The fourth-order valence-corrected chi connectivity index (χ4v) is 2.75. The predicted octanol–water partition coefficient (Wildman–Crippen LogP) is 2.27. The molecular weight excluding hydrogens is 323 g/mol. The van der Waals surface area contributed by atoms with Gasteiger partial charge in [-0.15, -0.1) is 0 Å². The normalized spacial score (nSPS) is 13.6. The van der Waals surface area contributed by atoms with E-state index >= 15 is 0 Å². The first-order valence-electron chi connectivity index (χ1n) is 7.90. The maximum Gasteiger partial charge on any atom is 0.253 e. The van der Waals surface area contributed by atoms with Crippen molar-refractivity contribution in [2.45, 2.75) is 26.0 Å². The van der Waals surface area contributed by atoms with Crippen LogP contribution < -0.4 is 5.32 Å². The molecule has 3 rings (SSSR count). The van der Waals surface area contributed by atoms with E-state index in [-0.39, 0.29) is 11.7 Å². The molecule has 7 heteroatoms. The van der Waals surface area contributed by atoms with Crippen molar-refractivity contribution >= 4 is 16.9 Å². The Balaban J connectivity index is 1.77. The molecule has 2 atom stereocenters. The van der Waals surface area contributed by atoms with Gasteiger partial charge in [-0.1, -0.05) is 12.1 Å². The number of benzene rings is 1. The third-order valence-corrected chi connectivity index (χ3v) is 4.17. The lowest BCUT2D eigenvalue weighted by molar-refractivity contribution is 0.0851. The van der Waals surface area contributed by atoms with Gasteiger partial charge in [-0.3, -0.25) is 9.48 Å². The van der Waals surface area contributed by atoms with Gasteiger partial charge in [0.05, 0.1) is 23.4 Å². The van der Waals surface area contributed by atoms with Crippen LogP contribution in [0.4, 0.5) is 4.39 Å². The van der Waals surface area contributed by atoms with Crippen LogP contribution in [0.5, 0.6) is 0 Å². The van der Waals surface area contributed by atoms with E-state index in [2.05, 4.69) is 15.4 Å². The number of halogens is 1. The van der Waals surface area contributed by atoms with Gasteiger partial charge in [-0.2, -0.15) is 5.10 Å². The zero-order chi connectivity index (χ0) is 18.1. The number of rotatable bonds is 4. The van der Waals surface area contributed by atoms with Gasteiger partial charge in [0.15, 0.2) is 5.65 Å². The van der Waals surface area contributed by atoms with Gasteiger partial charge in [0.2, 0.25) is 0 Å². The number of fused-ring (bicyclic) bond motifs is 1. The van der Waals surface area contributed by atoms with Crippen LogP contribution in [-0.4, -0.2) is 31.8 Å². The summed E-state index contributed by atoms with van der Waals surface area (Å²) in [5, 5.41) is 18.2. The summed E-state index contributed by atoms with van der Waals surface area (Å²) in [5.41, 5.74) is 2.42. The molecular formula is C18H19FN4O2. The summed E-state index contributed by atoms with van der Waals surface area (Å²) in [7, 11) is 1.79. The van der Waals surface area contributed by atoms with Crippen molar-refractivity contribution in [2.75, 3.05) is 0 Å². The summed E-state index contributed by atoms with van der Waals surface area (Å²) < 4.78 is 14.6. The highest BCUT2D eigenvalue weighted by Gasteiger charge is 2.20. The molecule has 0 aliphatic carbocycles. The number of nitrogens with zero attached hydrogens (tertiary/aromatic N) is 3. The van der Waals surface area contributed by atoms with E-state index in [4.69, 9.17) is 0 Å². The van der Waals surface area contributed by atoms with E-state index in [0.29, 0.717) is 16.8 Å². The van der Waals surface area contributed by atoms with Crippen LogP contribution in [0.2, 0.25) is 0 Å². The third kappa shape index (κ3) is 3.36. The molecule has 2 heterocycles. The van der Waals surface area contributed by atoms with E-state index < -0.39 is 12.1 Å². The molecule has 6 nitrogen and oxygen atoms in total. The van der Waals surface area contributed by atoms with Crippen molar-refractivity contribution in [2.24, 2.45) is 7.05 Å². The van der Waals surface area contributed by atoms with Crippen LogP contribution in [0, 0.1) is 12.7 Å². The maximum absolute atomic E-state index is 13.0. The van der Waals surface area contributed by atoms with Crippen molar-refractivity contribution in [3.63, 3.8) is 0 Å². The van der Waals surface area contributed by atoms with E-state index in [1.165, 1.54) is 30.5 Å². The van der Waals surface area contributed by atoms with Gasteiger partial charge in [0, 0.05) is 18.6 Å². The molecule has 0 bridgehead atoms. The fourth-order valence-electron chi connectivity index (χ4n) is 2.75. The first-order valence-corrected chi connectivity index (χ1v) is 7.90. The van der Waals surface area contributed by atoms with Gasteiger partial charge < -0.3 is 10.4 Å². The van der Waals surface area contributed by atoms with Gasteiger partial charge >= 0.3 is 0 Å². The quantitative estimate of drug-likeness (QED) is 0.762. The summed E-state index contributed by atoms with van der Waals surface area (Å²) in [6, 6.07) is 6.72. The van der Waals surface area contributed by atoms with Crippen LogP contribution >= 0.6 is 0 Å². The highest BCUT2D eigenvalue weighted by Crippen LogP contribution is 2.19. The number of hydrogen-bond acceptors (Lipinski definition) is 4. The van der Waals surface area contributed by atoms with Crippen molar-refractivity contribution in [3.05, 3.63) is 59.2 Å². The van der Waals surface area contributed by atoms with E-state index in [1.807, 2.05) is 6.92 Å². The van der Waals surface area contributed by atoms with Crippen molar-refractivity contribution in [3.8, 4) is 0 Å². The number of aryl methyl sites for hydroxylation is 2. The maximum atomic E-state index is 13.0. The molecule has 2 unspecified atom stereocenters. The van der Waals surface area contributed by atoms with Gasteiger partial charge in [-0.25, -0.2) is 9.37 Å². The fraction of sp³-hybridized carbons (Fsp3) is 0.278. The lowest BCUT2D eigenvalue weighted by Gasteiger charge is -2.20.